The molecule has 6 heteroatoms. The van der Waals surface area contributed by atoms with E-state index in [1.54, 1.807) is 55.6 Å². The Morgan fingerprint density at radius 3 is 2.42 bits per heavy atom. The average Bonchev–Trinajstić information content (AvgIpc) is 3.09. The van der Waals surface area contributed by atoms with Gasteiger partial charge in [0.1, 0.15) is 5.75 Å². The zero-order chi connectivity index (χ0) is 18.5. The van der Waals surface area contributed by atoms with E-state index in [2.05, 4.69) is 10.6 Å². The van der Waals surface area contributed by atoms with Gasteiger partial charge in [-0.3, -0.25) is 9.59 Å². The van der Waals surface area contributed by atoms with E-state index in [0.717, 1.165) is 12.8 Å². The van der Waals surface area contributed by atoms with Gasteiger partial charge < -0.3 is 21.1 Å². The van der Waals surface area contributed by atoms with Gasteiger partial charge in [0.2, 0.25) is 5.91 Å². The number of nitrogens with two attached hydrogens (primary N) is 1. The van der Waals surface area contributed by atoms with E-state index in [4.69, 9.17) is 10.5 Å². The van der Waals surface area contributed by atoms with Crippen molar-refractivity contribution < 1.29 is 14.3 Å². The van der Waals surface area contributed by atoms with Crippen LogP contribution in [0.1, 0.15) is 29.6 Å². The summed E-state index contributed by atoms with van der Waals surface area (Å²) in [4.78, 5) is 25.1. The number of amides is 2. The number of nitrogens with one attached hydrogen (secondary N) is 2. The van der Waals surface area contributed by atoms with E-state index in [-0.39, 0.29) is 23.8 Å². The largest absolute Gasteiger partial charge is 0.497 e. The molecule has 0 radical (unpaired) electrons. The van der Waals surface area contributed by atoms with Crippen LogP contribution in [0.25, 0.3) is 0 Å². The zero-order valence-corrected chi connectivity index (χ0v) is 14.7. The lowest BCUT2D eigenvalue weighted by atomic mass is 10.1. The van der Waals surface area contributed by atoms with Crippen LogP contribution in [0.2, 0.25) is 0 Å². The quantitative estimate of drug-likeness (QED) is 0.770. The minimum Gasteiger partial charge on any atom is -0.497 e. The molecule has 2 aromatic rings. The summed E-state index contributed by atoms with van der Waals surface area (Å²) in [6.45, 7) is 0. The number of methoxy groups -OCH3 is 1. The first-order valence-electron chi connectivity index (χ1n) is 8.67. The van der Waals surface area contributed by atoms with Crippen molar-refractivity contribution in [2.75, 3.05) is 17.7 Å². The van der Waals surface area contributed by atoms with Crippen molar-refractivity contribution in [2.45, 2.75) is 25.3 Å². The highest BCUT2D eigenvalue weighted by Crippen LogP contribution is 2.26. The number of hydrogen-bond donors (Lipinski definition) is 3. The Bertz CT molecular complexity index is 789. The fraction of sp³-hybridized carbons (Fsp3) is 0.300. The third-order valence-corrected chi connectivity index (χ3v) is 4.62. The van der Waals surface area contributed by atoms with Gasteiger partial charge in [0.25, 0.3) is 5.91 Å². The van der Waals surface area contributed by atoms with Crippen LogP contribution in [0.3, 0.4) is 0 Å². The average molecular weight is 353 g/mol. The minimum absolute atomic E-state index is 0.0809. The molecule has 1 aliphatic rings. The third kappa shape index (κ3) is 4.21. The molecule has 2 amide bonds. The van der Waals surface area contributed by atoms with E-state index < -0.39 is 0 Å². The second kappa shape index (κ2) is 8.01. The van der Waals surface area contributed by atoms with Crippen molar-refractivity contribution in [1.82, 2.24) is 0 Å². The summed E-state index contributed by atoms with van der Waals surface area (Å²) in [6.07, 6.45) is 2.33. The Morgan fingerprint density at radius 1 is 1.04 bits per heavy atom. The molecule has 0 spiro atoms. The standard InChI is InChI=1S/C20H23N3O3/c1-26-16-10-8-15(9-11-16)22-20(25)17-4-2-3-5-18(17)23-19(24)13-6-7-14(21)12-13/h2-5,8-11,13-14H,6-7,12,21H2,1H3,(H,22,25)(H,23,24). The molecule has 4 N–H and O–H groups in total. The van der Waals surface area contributed by atoms with Gasteiger partial charge in [-0.05, 0) is 55.7 Å². The van der Waals surface area contributed by atoms with Gasteiger partial charge in [-0.25, -0.2) is 0 Å². The van der Waals surface area contributed by atoms with Gasteiger partial charge in [0, 0.05) is 17.6 Å². The van der Waals surface area contributed by atoms with Crippen molar-refractivity contribution in [2.24, 2.45) is 11.7 Å². The Labute approximate surface area is 152 Å². The molecule has 0 heterocycles. The first-order chi connectivity index (χ1) is 12.6. The lowest BCUT2D eigenvalue weighted by Gasteiger charge is -2.14. The molecule has 0 saturated heterocycles. The normalized spacial score (nSPS) is 19.0. The molecule has 2 atom stereocenters. The smallest absolute Gasteiger partial charge is 0.257 e. The maximum absolute atomic E-state index is 12.6. The van der Waals surface area contributed by atoms with Crippen molar-refractivity contribution in [1.29, 1.82) is 0 Å². The number of benzene rings is 2. The van der Waals surface area contributed by atoms with Gasteiger partial charge in [-0.2, -0.15) is 0 Å². The molecule has 1 saturated carbocycles. The van der Waals surface area contributed by atoms with Crippen LogP contribution in [0.4, 0.5) is 11.4 Å². The molecule has 0 aliphatic heterocycles. The molecule has 6 nitrogen and oxygen atoms in total. The summed E-state index contributed by atoms with van der Waals surface area (Å²) in [7, 11) is 1.59. The number of anilines is 2. The van der Waals surface area contributed by atoms with Crippen molar-refractivity contribution in [3.63, 3.8) is 0 Å². The van der Waals surface area contributed by atoms with E-state index in [0.29, 0.717) is 29.1 Å². The summed E-state index contributed by atoms with van der Waals surface area (Å²) in [5.41, 5.74) is 7.46. The predicted molar refractivity (Wildman–Crippen MR) is 101 cm³/mol. The SMILES string of the molecule is COc1ccc(NC(=O)c2ccccc2NC(=O)C2CCC(N)C2)cc1. The summed E-state index contributed by atoms with van der Waals surface area (Å²) >= 11 is 0. The summed E-state index contributed by atoms with van der Waals surface area (Å²) in [5.74, 6) is 0.255. The third-order valence-electron chi connectivity index (χ3n) is 4.62. The van der Waals surface area contributed by atoms with E-state index in [1.807, 2.05) is 0 Å². The van der Waals surface area contributed by atoms with E-state index >= 15 is 0 Å². The monoisotopic (exact) mass is 353 g/mol. The van der Waals surface area contributed by atoms with Crippen LogP contribution in [0.15, 0.2) is 48.5 Å². The van der Waals surface area contributed by atoms with Gasteiger partial charge >= 0.3 is 0 Å². The minimum atomic E-state index is -0.283. The first-order valence-corrected chi connectivity index (χ1v) is 8.67. The molecule has 136 valence electrons. The number of ether oxygens (including phenoxy) is 1. The molecule has 26 heavy (non-hydrogen) atoms. The number of rotatable bonds is 5. The van der Waals surface area contributed by atoms with Crippen LogP contribution in [0, 0.1) is 5.92 Å². The van der Waals surface area contributed by atoms with Gasteiger partial charge in [-0.15, -0.1) is 0 Å². The van der Waals surface area contributed by atoms with E-state index in [1.165, 1.54) is 0 Å². The predicted octanol–water partition coefficient (Wildman–Crippen LogP) is 3.01. The molecule has 1 aliphatic carbocycles. The highest BCUT2D eigenvalue weighted by atomic mass is 16.5. The molecule has 2 unspecified atom stereocenters. The summed E-state index contributed by atoms with van der Waals surface area (Å²) < 4.78 is 5.11. The lowest BCUT2D eigenvalue weighted by Crippen LogP contribution is -2.24. The van der Waals surface area contributed by atoms with Crippen LogP contribution in [0.5, 0.6) is 5.75 Å². The summed E-state index contributed by atoms with van der Waals surface area (Å²) in [6, 6.07) is 14.1. The number of hydrogen-bond acceptors (Lipinski definition) is 4. The molecule has 2 aromatic carbocycles. The molecule has 0 aromatic heterocycles. The molecule has 1 fully saturated rings. The second-order valence-electron chi connectivity index (χ2n) is 6.49. The Kier molecular flexibility index (Phi) is 5.53. The molecular weight excluding hydrogens is 330 g/mol. The van der Waals surface area contributed by atoms with Crippen molar-refractivity contribution in [3.8, 4) is 5.75 Å². The van der Waals surface area contributed by atoms with Crippen LogP contribution in [-0.2, 0) is 4.79 Å². The fourth-order valence-corrected chi connectivity index (χ4v) is 3.15. The second-order valence-corrected chi connectivity index (χ2v) is 6.49. The van der Waals surface area contributed by atoms with Crippen LogP contribution < -0.4 is 21.1 Å². The molecular formula is C20H23N3O3. The number of para-hydroxylation sites is 1. The number of carbonyl (C=O) groups excluding carboxylic acids is 2. The van der Waals surface area contributed by atoms with Crippen molar-refractivity contribution >= 4 is 23.2 Å². The highest BCUT2D eigenvalue weighted by molar-refractivity contribution is 6.10. The zero-order valence-electron chi connectivity index (χ0n) is 14.7. The topological polar surface area (TPSA) is 93.5 Å². The number of carbonyl (C=O) groups is 2. The molecule has 0 bridgehead atoms. The van der Waals surface area contributed by atoms with Crippen LogP contribution >= 0.6 is 0 Å². The first kappa shape index (κ1) is 17.9. The lowest BCUT2D eigenvalue weighted by molar-refractivity contribution is -0.119. The van der Waals surface area contributed by atoms with Crippen molar-refractivity contribution in [3.05, 3.63) is 54.1 Å². The molecule has 3 rings (SSSR count). The maximum atomic E-state index is 12.6. The van der Waals surface area contributed by atoms with E-state index in [9.17, 15) is 9.59 Å². The van der Waals surface area contributed by atoms with Gasteiger partial charge in [0.05, 0.1) is 18.4 Å². The Hall–Kier alpha value is -2.86. The highest BCUT2D eigenvalue weighted by Gasteiger charge is 2.28. The Balaban J connectivity index is 1.71. The summed E-state index contributed by atoms with van der Waals surface area (Å²) in [5, 5.41) is 5.72. The van der Waals surface area contributed by atoms with Gasteiger partial charge in [0.15, 0.2) is 0 Å². The van der Waals surface area contributed by atoms with Crippen LogP contribution in [-0.4, -0.2) is 25.0 Å². The Morgan fingerprint density at radius 2 is 1.77 bits per heavy atom. The maximum Gasteiger partial charge on any atom is 0.257 e. The fourth-order valence-electron chi connectivity index (χ4n) is 3.15. The van der Waals surface area contributed by atoms with Gasteiger partial charge in [-0.1, -0.05) is 12.1 Å².